The molecule has 2 spiro atoms. The number of hydrogen-bond donors (Lipinski definition) is 6. The Morgan fingerprint density at radius 2 is 1.41 bits per heavy atom. The van der Waals surface area contributed by atoms with Crippen LogP contribution >= 0.6 is 0 Å². The fraction of sp³-hybridized carbons (Fsp3) is 0.903. The van der Waals surface area contributed by atoms with E-state index in [0.29, 0.717) is 82.5 Å². The normalized spacial score (nSPS) is 48.5. The molecule has 496 valence electrons. The molecule has 0 amide bonds. The van der Waals surface area contributed by atoms with Gasteiger partial charge in [0.25, 0.3) is 0 Å². The molecule has 16 heteroatoms. The second-order valence-electron chi connectivity index (χ2n) is 33.1. The van der Waals surface area contributed by atoms with Crippen molar-refractivity contribution in [2.45, 2.75) is 317 Å². The van der Waals surface area contributed by atoms with Crippen molar-refractivity contribution in [2.75, 3.05) is 0 Å². The monoisotopic (exact) mass is 1240 g/mol. The van der Waals surface area contributed by atoms with Crippen molar-refractivity contribution < 1.29 is 103 Å². The van der Waals surface area contributed by atoms with E-state index in [9.17, 15) is 50.1 Å². The molecular weight excluding hydrogens is 1130 g/mol. The van der Waals surface area contributed by atoms with Crippen molar-refractivity contribution in [1.29, 1.82) is 0 Å². The van der Waals surface area contributed by atoms with Gasteiger partial charge in [-0.3, -0.25) is 9.59 Å². The molecule has 27 atom stereocenters. The van der Waals surface area contributed by atoms with Crippen LogP contribution in [0.3, 0.4) is 0 Å². The largest absolute Gasteiger partial charge is 1.00 e. The number of rotatable bonds is 13. The van der Waals surface area contributed by atoms with Crippen LogP contribution in [-0.4, -0.2) is 126 Å². The van der Waals surface area contributed by atoms with Crippen LogP contribution in [-0.2, 0) is 38.1 Å². The van der Waals surface area contributed by atoms with Crippen molar-refractivity contribution >= 4 is 17.7 Å². The minimum absolute atomic E-state index is 0. The molecule has 4 saturated heterocycles. The number of aliphatic hydroxyl groups excluding tert-OH is 4. The van der Waals surface area contributed by atoms with E-state index in [1.54, 1.807) is 19.1 Å². The SMILES string of the molecule is CC1(C)CCC2(C(=O)O)C(O)CC3(C)C(=CCC4C5(C)CCC(O)C(C)(C)C5CCC43C)C2C1.CCC(C(=O)[O-])C1CCC(C)C(C(C)C(O)C(C)C(=O)C(CC)C2OC3(C=CC(O)C4(CCC(C)(C5CCC(O)(CC)C(C)O5)O4)O3)C(C)CC2C)O1.[Na+]. The van der Waals surface area contributed by atoms with Crippen molar-refractivity contribution in [1.82, 2.24) is 0 Å². The first kappa shape index (κ1) is 72.5. The van der Waals surface area contributed by atoms with Gasteiger partial charge in [-0.25, -0.2) is 0 Å². The summed E-state index contributed by atoms with van der Waals surface area (Å²) in [6.07, 6.45) is 14.6. The standard InChI is InChI=1S/C42H70O11.C30H48O4.Na/c1-11-29(38(46)47)31-15-14-23(4)36(50-31)27(8)34(44)26(7)35(45)30(12-2)37-24(5)22-25(6)41(51-37)19-16-32(43)42(53-41)21-20-39(10,52-42)33-17-18-40(48,13-3)28(9)49-33;1-25(2)14-15-30(24(33)34)19(16-25)18-8-9-21-27(5)12-11-22(31)26(3,4)20(27)10-13-28(21,6)29(18,7)17-23(30)32;/h16,19,23-34,36-37,43-44,48H,11-15,17-18,20-22H2,1-10H3,(H,46,47);8,19-23,31-32H,9-17H2,1-7H3,(H,33,34);/q;;+1/p-1. The van der Waals surface area contributed by atoms with Gasteiger partial charge in [-0.15, -0.1) is 0 Å². The number of ketones is 1. The van der Waals surface area contributed by atoms with Gasteiger partial charge in [-0.05, 0) is 198 Å². The van der Waals surface area contributed by atoms with Gasteiger partial charge in [0.05, 0.1) is 60.0 Å². The van der Waals surface area contributed by atoms with E-state index in [-0.39, 0.29) is 104 Å². The quantitative estimate of drug-likeness (QED) is 0.0755. The molecule has 15 nitrogen and oxygen atoms in total. The molecule has 0 aromatic rings. The number of ether oxygens (including phenoxy) is 5. The zero-order chi connectivity index (χ0) is 64.4. The Kier molecular flexibility index (Phi) is 21.2. The molecule has 0 aromatic carbocycles. The molecule has 4 saturated carbocycles. The van der Waals surface area contributed by atoms with E-state index in [2.05, 4.69) is 75.3 Å². The van der Waals surface area contributed by atoms with Crippen LogP contribution < -0.4 is 34.7 Å². The minimum Gasteiger partial charge on any atom is -0.550 e. The van der Waals surface area contributed by atoms with Crippen LogP contribution in [0, 0.1) is 91.7 Å². The first-order valence-electron chi connectivity index (χ1n) is 34.6. The van der Waals surface area contributed by atoms with Crippen molar-refractivity contribution in [3.05, 3.63) is 23.8 Å². The molecule has 6 N–H and O–H groups in total. The van der Waals surface area contributed by atoms with Gasteiger partial charge in [0.1, 0.15) is 17.3 Å². The average molecular weight is 1250 g/mol. The van der Waals surface area contributed by atoms with Gasteiger partial charge >= 0.3 is 35.5 Å². The van der Waals surface area contributed by atoms with Crippen LogP contribution in [0.15, 0.2) is 23.8 Å². The Hall–Kier alpha value is -1.31. The molecule has 27 unspecified atom stereocenters. The Balaban J connectivity index is 0.000000246. The van der Waals surface area contributed by atoms with E-state index < -0.39 is 100 Å². The maximum Gasteiger partial charge on any atom is 1.00 e. The van der Waals surface area contributed by atoms with E-state index in [4.69, 9.17) is 23.7 Å². The van der Waals surface area contributed by atoms with Gasteiger partial charge in [0.15, 0.2) is 5.79 Å². The summed E-state index contributed by atoms with van der Waals surface area (Å²) in [7, 11) is 0. The topological polar surface area (TPSA) is 242 Å². The summed E-state index contributed by atoms with van der Waals surface area (Å²) in [6.45, 7) is 35.9. The van der Waals surface area contributed by atoms with Crippen molar-refractivity contribution in [3.63, 3.8) is 0 Å². The van der Waals surface area contributed by atoms with Crippen molar-refractivity contribution in [2.24, 2.45) is 91.7 Å². The van der Waals surface area contributed by atoms with Crippen LogP contribution in [0.1, 0.15) is 240 Å². The number of carbonyl (C=O) groups excluding carboxylic acids is 2. The van der Waals surface area contributed by atoms with E-state index in [0.717, 1.165) is 51.4 Å². The summed E-state index contributed by atoms with van der Waals surface area (Å²) >= 11 is 0. The smallest absolute Gasteiger partial charge is 0.550 e. The van der Waals surface area contributed by atoms with Crippen LogP contribution in [0.5, 0.6) is 0 Å². The molecule has 0 aromatic heterocycles. The second-order valence-corrected chi connectivity index (χ2v) is 33.1. The maximum absolute atomic E-state index is 14.4. The number of fused-ring (bicyclic) bond motifs is 7. The molecule has 5 aliphatic heterocycles. The van der Waals surface area contributed by atoms with Gasteiger partial charge < -0.3 is 64.2 Å². The molecule has 0 bridgehead atoms. The minimum atomic E-state index is -1.37. The molecule has 88 heavy (non-hydrogen) atoms. The summed E-state index contributed by atoms with van der Waals surface area (Å²) in [6, 6.07) is 0. The van der Waals surface area contributed by atoms with Gasteiger partial charge in [0.2, 0.25) is 5.79 Å². The third-order valence-corrected chi connectivity index (χ3v) is 27.5. The number of aliphatic carboxylic acids is 2. The molecule has 0 radical (unpaired) electrons. The Morgan fingerprint density at radius 1 is 0.739 bits per heavy atom. The number of carbonyl (C=O) groups is 3. The third kappa shape index (κ3) is 11.9. The summed E-state index contributed by atoms with van der Waals surface area (Å²) in [5.41, 5.74) is -1.34. The zero-order valence-electron chi connectivity index (χ0n) is 57.5. The Labute approximate surface area is 550 Å². The van der Waals surface area contributed by atoms with Crippen molar-refractivity contribution in [3.8, 4) is 0 Å². The molecule has 5 aliphatic carbocycles. The maximum atomic E-state index is 14.4. The second kappa shape index (κ2) is 25.7. The first-order valence-corrected chi connectivity index (χ1v) is 34.6. The molecule has 10 rings (SSSR count). The summed E-state index contributed by atoms with van der Waals surface area (Å²) in [5, 5.41) is 79.0. The zero-order valence-corrected chi connectivity index (χ0v) is 59.5. The van der Waals surface area contributed by atoms with E-state index in [1.165, 1.54) is 5.57 Å². The van der Waals surface area contributed by atoms with Gasteiger partial charge in [0, 0.05) is 42.0 Å². The first-order chi connectivity index (χ1) is 40.4. The van der Waals surface area contributed by atoms with E-state index >= 15 is 0 Å². The summed E-state index contributed by atoms with van der Waals surface area (Å²) < 4.78 is 33.4. The van der Waals surface area contributed by atoms with Crippen LogP contribution in [0.25, 0.3) is 0 Å². The number of carboxylic acid groups (broad SMARTS) is 2. The summed E-state index contributed by atoms with van der Waals surface area (Å²) in [5.74, 6) is -6.15. The predicted octanol–water partition coefficient (Wildman–Crippen LogP) is 8.06. The molecule has 8 fully saturated rings. The molecular formula is C72H117NaO15. The Morgan fingerprint density at radius 3 is 2.02 bits per heavy atom. The molecule has 10 aliphatic rings. The average Bonchev–Trinajstić information content (AvgIpc) is 0.877. The Bertz CT molecular complexity index is 2590. The molecule has 5 heterocycles. The van der Waals surface area contributed by atoms with Gasteiger partial charge in [-0.2, -0.15) is 0 Å². The number of aliphatic hydroxyl groups is 5. The number of Topliss-reactive ketones (excluding diaryl/α,β-unsaturated/α-hetero) is 1. The van der Waals surface area contributed by atoms with Crippen LogP contribution in [0.2, 0.25) is 0 Å². The number of hydrogen-bond acceptors (Lipinski definition) is 14. The van der Waals surface area contributed by atoms with Gasteiger partial charge in [-0.1, -0.05) is 116 Å². The van der Waals surface area contributed by atoms with E-state index in [1.807, 2.05) is 41.5 Å². The fourth-order valence-corrected chi connectivity index (χ4v) is 21.2. The number of carboxylic acids is 2. The summed E-state index contributed by atoms with van der Waals surface area (Å²) in [4.78, 5) is 39.0. The number of allylic oxidation sites excluding steroid dienone is 2. The fourth-order valence-electron chi connectivity index (χ4n) is 21.2. The van der Waals surface area contributed by atoms with Crippen LogP contribution in [0.4, 0.5) is 0 Å². The third-order valence-electron chi connectivity index (χ3n) is 27.5. The predicted molar refractivity (Wildman–Crippen MR) is 330 cm³/mol.